The number of benzene rings is 2. The number of carbonyl (C=O) groups excluding carboxylic acids is 3. The van der Waals surface area contributed by atoms with Gasteiger partial charge in [-0.1, -0.05) is 30.3 Å². The van der Waals surface area contributed by atoms with Gasteiger partial charge in [0.25, 0.3) is 5.91 Å². The lowest BCUT2D eigenvalue weighted by Crippen LogP contribution is -2.49. The predicted molar refractivity (Wildman–Crippen MR) is 164 cm³/mol. The minimum Gasteiger partial charge on any atom is -0.383 e. The number of ketones is 1. The minimum absolute atomic E-state index is 0.00632. The third-order valence-corrected chi connectivity index (χ3v) is 9.16. The number of rotatable bonds is 7. The van der Waals surface area contributed by atoms with E-state index >= 15 is 0 Å². The van der Waals surface area contributed by atoms with Crippen molar-refractivity contribution in [3.8, 4) is 21.8 Å². The van der Waals surface area contributed by atoms with Crippen LogP contribution in [-0.2, 0) is 4.74 Å². The number of hydrogen-bond acceptors (Lipinski definition) is 8. The van der Waals surface area contributed by atoms with E-state index in [1.807, 2.05) is 53.4 Å². The molecule has 2 fully saturated rings. The Hall–Kier alpha value is -4.52. The largest absolute Gasteiger partial charge is 0.383 e. The molecule has 4 N–H and O–H groups in total. The van der Waals surface area contributed by atoms with Crippen molar-refractivity contribution in [2.75, 3.05) is 50.0 Å². The van der Waals surface area contributed by atoms with Crippen LogP contribution in [0.3, 0.4) is 0 Å². The zero-order valence-electron chi connectivity index (χ0n) is 23.4. The number of hydrazine groups is 1. The van der Waals surface area contributed by atoms with E-state index in [1.54, 1.807) is 17.1 Å². The van der Waals surface area contributed by atoms with E-state index in [-0.39, 0.29) is 17.7 Å². The van der Waals surface area contributed by atoms with E-state index in [9.17, 15) is 14.4 Å². The van der Waals surface area contributed by atoms with Gasteiger partial charge in [0, 0.05) is 43.5 Å². The fraction of sp³-hybridized carbons (Fsp3) is 0.290. The van der Waals surface area contributed by atoms with Crippen LogP contribution in [0.15, 0.2) is 60.7 Å². The monoisotopic (exact) mass is 597 g/mol. The van der Waals surface area contributed by atoms with Crippen LogP contribution in [0, 0.1) is 0 Å². The molecule has 2 aliphatic heterocycles. The molecule has 1 aliphatic carbocycles. The maximum atomic E-state index is 13.8. The SMILES string of the molecule is O=C(Nc1cccc2c1C(=O)c1c(-c3ccc(C(=O)N4CCC[C@H]4CNc4ccccc4)s3)n[nH]c1-2)NN1CCOCC1. The summed E-state index contributed by atoms with van der Waals surface area (Å²) >= 11 is 1.34. The smallest absolute Gasteiger partial charge is 0.333 e. The van der Waals surface area contributed by atoms with E-state index in [2.05, 4.69) is 26.3 Å². The number of likely N-dealkylation sites (tertiary alicyclic amines) is 1. The van der Waals surface area contributed by atoms with Crippen LogP contribution < -0.4 is 16.1 Å². The number of fused-ring (bicyclic) bond motifs is 3. The van der Waals surface area contributed by atoms with Crippen molar-refractivity contribution in [2.45, 2.75) is 18.9 Å². The Labute approximate surface area is 252 Å². The number of ether oxygens (including phenoxy) is 1. The van der Waals surface area contributed by atoms with E-state index in [1.165, 1.54) is 11.3 Å². The number of morpholine rings is 1. The second kappa shape index (κ2) is 11.6. The number of H-pyrrole nitrogens is 1. The van der Waals surface area contributed by atoms with Gasteiger partial charge in [-0.15, -0.1) is 11.3 Å². The maximum absolute atomic E-state index is 13.8. The van der Waals surface area contributed by atoms with Crippen LogP contribution in [0.1, 0.15) is 38.4 Å². The molecule has 43 heavy (non-hydrogen) atoms. The lowest BCUT2D eigenvalue weighted by Gasteiger charge is -2.27. The molecule has 3 aliphatic rings. The fourth-order valence-corrected chi connectivity index (χ4v) is 6.93. The number of nitrogens with zero attached hydrogens (tertiary/aromatic N) is 3. The molecule has 7 rings (SSSR count). The number of carbonyl (C=O) groups is 3. The summed E-state index contributed by atoms with van der Waals surface area (Å²) in [5.41, 5.74) is 6.95. The highest BCUT2D eigenvalue weighted by Gasteiger charge is 2.36. The summed E-state index contributed by atoms with van der Waals surface area (Å²) in [6.07, 6.45) is 1.91. The van der Waals surface area contributed by atoms with Crippen LogP contribution in [-0.4, -0.2) is 83.3 Å². The quantitative estimate of drug-likeness (QED) is 0.218. The van der Waals surface area contributed by atoms with Crippen LogP contribution in [0.2, 0.25) is 0 Å². The average Bonchev–Trinajstić information content (AvgIpc) is 3.83. The third-order valence-electron chi connectivity index (χ3n) is 8.08. The first-order valence-electron chi connectivity index (χ1n) is 14.4. The molecule has 0 bridgehead atoms. The summed E-state index contributed by atoms with van der Waals surface area (Å²) in [5, 5.41) is 15.6. The van der Waals surface area contributed by atoms with Crippen molar-refractivity contribution >= 4 is 40.4 Å². The van der Waals surface area contributed by atoms with Gasteiger partial charge in [-0.3, -0.25) is 20.1 Å². The molecule has 2 saturated heterocycles. The first-order chi connectivity index (χ1) is 21.1. The van der Waals surface area contributed by atoms with Gasteiger partial charge in [0.15, 0.2) is 5.78 Å². The standard InChI is InChI=1S/C31H31N7O4S/c39-29-25-21(9-4-10-22(25)33-31(41)36-37-14-16-42-17-15-37)27-26(29)28(35-34-27)23-11-12-24(43-23)30(40)38-13-5-8-20(38)18-32-19-6-2-1-3-7-19/h1-4,6-7,9-12,20,32H,5,8,13-18H2,(H,34,35)(H2,33,36,41)/t20-/m0/s1. The second-order valence-electron chi connectivity index (χ2n) is 10.8. The van der Waals surface area contributed by atoms with E-state index in [4.69, 9.17) is 4.74 Å². The zero-order valence-corrected chi connectivity index (χ0v) is 24.2. The number of hydrogen-bond donors (Lipinski definition) is 4. The van der Waals surface area contributed by atoms with Crippen molar-refractivity contribution in [1.82, 2.24) is 25.5 Å². The number of urea groups is 1. The number of thiophene rings is 1. The zero-order chi connectivity index (χ0) is 29.3. The van der Waals surface area contributed by atoms with Crippen molar-refractivity contribution < 1.29 is 19.1 Å². The number of aromatic amines is 1. The minimum atomic E-state index is -0.419. The second-order valence-corrected chi connectivity index (χ2v) is 11.8. The first kappa shape index (κ1) is 27.3. The lowest BCUT2D eigenvalue weighted by atomic mass is 10.1. The molecule has 2 aromatic heterocycles. The van der Waals surface area contributed by atoms with Crippen LogP contribution in [0.25, 0.3) is 21.8 Å². The molecule has 1 atom stereocenters. The molecule has 11 nitrogen and oxygen atoms in total. The van der Waals surface area contributed by atoms with Gasteiger partial charge in [-0.05, 0) is 43.2 Å². The highest BCUT2D eigenvalue weighted by atomic mass is 32.1. The molecule has 12 heteroatoms. The molecule has 0 unspecified atom stereocenters. The molecule has 3 amide bonds. The molecule has 0 spiro atoms. The van der Waals surface area contributed by atoms with Gasteiger partial charge < -0.3 is 20.3 Å². The Bertz CT molecular complexity index is 1680. The number of nitrogens with one attached hydrogen (secondary N) is 4. The van der Waals surface area contributed by atoms with Crippen molar-refractivity contribution in [2.24, 2.45) is 0 Å². The summed E-state index contributed by atoms with van der Waals surface area (Å²) < 4.78 is 5.33. The topological polar surface area (TPSA) is 132 Å². The Morgan fingerprint density at radius 1 is 1.00 bits per heavy atom. The summed E-state index contributed by atoms with van der Waals surface area (Å²) in [5.74, 6) is -0.225. The van der Waals surface area contributed by atoms with Crippen molar-refractivity contribution in [3.63, 3.8) is 0 Å². The first-order valence-corrected chi connectivity index (χ1v) is 15.3. The van der Waals surface area contributed by atoms with Crippen LogP contribution >= 0.6 is 11.3 Å². The summed E-state index contributed by atoms with van der Waals surface area (Å²) in [6.45, 7) is 3.68. The Balaban J connectivity index is 1.07. The lowest BCUT2D eigenvalue weighted by molar-refractivity contribution is 0.0207. The average molecular weight is 598 g/mol. The normalized spacial score (nSPS) is 17.9. The maximum Gasteiger partial charge on any atom is 0.333 e. The molecule has 4 aromatic rings. The highest BCUT2D eigenvalue weighted by molar-refractivity contribution is 7.17. The number of para-hydroxylation sites is 1. The van der Waals surface area contributed by atoms with E-state index < -0.39 is 6.03 Å². The van der Waals surface area contributed by atoms with Gasteiger partial charge in [-0.2, -0.15) is 5.10 Å². The highest BCUT2D eigenvalue weighted by Crippen LogP contribution is 2.44. The molecule has 0 saturated carbocycles. The molecular weight excluding hydrogens is 566 g/mol. The van der Waals surface area contributed by atoms with Gasteiger partial charge >= 0.3 is 6.03 Å². The van der Waals surface area contributed by atoms with Crippen molar-refractivity contribution in [1.29, 1.82) is 0 Å². The van der Waals surface area contributed by atoms with Crippen LogP contribution in [0.5, 0.6) is 0 Å². The van der Waals surface area contributed by atoms with Gasteiger partial charge in [0.05, 0.1) is 45.5 Å². The Kier molecular flexibility index (Phi) is 7.39. The van der Waals surface area contributed by atoms with E-state index in [0.29, 0.717) is 78.0 Å². The summed E-state index contributed by atoms with van der Waals surface area (Å²) in [4.78, 5) is 43.4. The Morgan fingerprint density at radius 2 is 1.84 bits per heavy atom. The van der Waals surface area contributed by atoms with Gasteiger partial charge in [0.1, 0.15) is 5.69 Å². The molecule has 4 heterocycles. The summed E-state index contributed by atoms with van der Waals surface area (Å²) in [6, 6.07) is 18.7. The van der Waals surface area contributed by atoms with Gasteiger partial charge in [0.2, 0.25) is 0 Å². The third kappa shape index (κ3) is 5.29. The van der Waals surface area contributed by atoms with Crippen LogP contribution in [0.4, 0.5) is 16.2 Å². The number of anilines is 2. The van der Waals surface area contributed by atoms with Gasteiger partial charge in [-0.25, -0.2) is 9.80 Å². The molecular formula is C31H31N7O4S. The van der Waals surface area contributed by atoms with E-state index in [0.717, 1.165) is 23.4 Å². The molecule has 220 valence electrons. The molecule has 2 aromatic carbocycles. The summed E-state index contributed by atoms with van der Waals surface area (Å²) in [7, 11) is 0. The predicted octanol–water partition coefficient (Wildman–Crippen LogP) is 4.44. The molecule has 0 radical (unpaired) electrons. The fourth-order valence-electron chi connectivity index (χ4n) is 5.97. The van der Waals surface area contributed by atoms with Crippen molar-refractivity contribution in [3.05, 3.63) is 76.7 Å². The number of amides is 3. The Morgan fingerprint density at radius 3 is 2.67 bits per heavy atom. The number of aromatic nitrogens is 2.